The molecule has 696 valence electrons. The quantitative estimate of drug-likeness (QED) is 0.0322. The lowest BCUT2D eigenvalue weighted by Gasteiger charge is -2.34. The lowest BCUT2D eigenvalue weighted by atomic mass is 9.83. The van der Waals surface area contributed by atoms with E-state index in [1.165, 1.54) is 65.8 Å². The van der Waals surface area contributed by atoms with Gasteiger partial charge in [0.15, 0.2) is 0 Å². The van der Waals surface area contributed by atoms with Crippen molar-refractivity contribution in [3.8, 4) is 0 Å². The van der Waals surface area contributed by atoms with Crippen molar-refractivity contribution in [3.63, 3.8) is 0 Å². The molecule has 8 aromatic rings. The van der Waals surface area contributed by atoms with Gasteiger partial charge >= 0.3 is 0 Å². The van der Waals surface area contributed by atoms with Crippen molar-refractivity contribution in [3.05, 3.63) is 141 Å². The molecular formula is C92H124N12O18S6. The minimum atomic E-state index is -3.85. The summed E-state index contributed by atoms with van der Waals surface area (Å²) in [6.45, 7) is 38.4. The fourth-order valence-electron chi connectivity index (χ4n) is 20.3. The van der Waals surface area contributed by atoms with Crippen molar-refractivity contribution in [2.75, 3.05) is 116 Å². The second-order valence-corrected chi connectivity index (χ2v) is 48.9. The van der Waals surface area contributed by atoms with E-state index in [4.69, 9.17) is 19.4 Å². The molecular weight excluding hydrogens is 1750 g/mol. The molecule has 15 rings (SSSR count). The van der Waals surface area contributed by atoms with Gasteiger partial charge in [-0.2, -0.15) is 25.8 Å². The van der Waals surface area contributed by atoms with E-state index in [2.05, 4.69) is 59.3 Å². The summed E-state index contributed by atoms with van der Waals surface area (Å²) < 4.78 is 175. The average molecular weight is 1880 g/mol. The fraction of sp³-hybridized carbons (Fsp3) is 0.543. The molecule has 6 fully saturated rings. The molecule has 0 amide bonds. The maximum absolute atomic E-state index is 13.9. The Morgan fingerprint density at radius 1 is 0.273 bits per heavy atom. The first-order valence-electron chi connectivity index (χ1n) is 44.8. The van der Waals surface area contributed by atoms with E-state index in [9.17, 15) is 60.3 Å². The molecule has 0 spiro atoms. The maximum Gasteiger partial charge on any atom is 0.243 e. The third-order valence-corrected chi connectivity index (χ3v) is 36.3. The lowest BCUT2D eigenvalue weighted by molar-refractivity contribution is 0.158. The molecule has 8 aromatic carbocycles. The summed E-state index contributed by atoms with van der Waals surface area (Å²) in [7, 11) is -23.0. The van der Waals surface area contributed by atoms with Gasteiger partial charge in [-0.05, 0) is 220 Å². The van der Waals surface area contributed by atoms with E-state index >= 15 is 0 Å². The predicted molar refractivity (Wildman–Crippen MR) is 502 cm³/mol. The molecule has 7 aliphatic rings. The van der Waals surface area contributed by atoms with Gasteiger partial charge in [-0.3, -0.25) is 20.6 Å². The highest BCUT2D eigenvalue weighted by Gasteiger charge is 2.42. The second kappa shape index (κ2) is 39.8. The topological polar surface area (TPSA) is 369 Å². The summed E-state index contributed by atoms with van der Waals surface area (Å²) in [5.41, 5.74) is 9.86. The number of oxime groups is 2. The van der Waals surface area contributed by atoms with Crippen LogP contribution in [0.2, 0.25) is 0 Å². The molecule has 0 unspecified atom stereocenters. The highest BCUT2D eigenvalue weighted by molar-refractivity contribution is 7.90. The van der Waals surface area contributed by atoms with Crippen molar-refractivity contribution in [2.24, 2.45) is 91.7 Å². The third-order valence-electron chi connectivity index (χ3n) is 25.3. The van der Waals surface area contributed by atoms with Gasteiger partial charge in [0.1, 0.15) is 36.0 Å². The van der Waals surface area contributed by atoms with Crippen LogP contribution in [0.15, 0.2) is 159 Å². The Balaban J connectivity index is 0.000000164. The average Bonchev–Trinajstić information content (AvgIpc) is 0.739. The van der Waals surface area contributed by atoms with E-state index < -0.39 is 60.1 Å². The van der Waals surface area contributed by atoms with Gasteiger partial charge in [0.05, 0.1) is 54.0 Å². The van der Waals surface area contributed by atoms with E-state index in [0.717, 1.165) is 38.5 Å². The van der Waals surface area contributed by atoms with Crippen LogP contribution >= 0.6 is 0 Å². The van der Waals surface area contributed by atoms with Crippen LogP contribution in [-0.2, 0) is 79.5 Å². The molecule has 6 saturated heterocycles. The Morgan fingerprint density at radius 2 is 0.484 bits per heavy atom. The molecule has 0 radical (unpaired) electrons. The minimum Gasteiger partial charge on any atom is -0.396 e. The molecule has 0 aromatic heterocycles. The number of sulfonamides is 6. The first kappa shape index (κ1) is 97.4. The Morgan fingerprint density at radius 3 is 0.727 bits per heavy atom. The number of anilines is 2. The van der Waals surface area contributed by atoms with Crippen molar-refractivity contribution in [1.82, 2.24) is 25.8 Å². The largest absolute Gasteiger partial charge is 0.396 e. The van der Waals surface area contributed by atoms with E-state index in [-0.39, 0.29) is 118 Å². The Hall–Kier alpha value is -8.08. The monoisotopic (exact) mass is 1880 g/mol. The number of hydrogen-bond donors (Lipinski definition) is 2. The zero-order valence-electron chi connectivity index (χ0n) is 76.1. The van der Waals surface area contributed by atoms with Crippen LogP contribution < -0.4 is 11.0 Å². The van der Waals surface area contributed by atoms with Crippen molar-refractivity contribution < 1.29 is 69.9 Å². The number of benzene rings is 8. The molecule has 1 aliphatic carbocycles. The fourth-order valence-corrected chi connectivity index (χ4v) is 30.5. The lowest BCUT2D eigenvalue weighted by Crippen LogP contribution is -2.42. The molecule has 36 heteroatoms. The van der Waals surface area contributed by atoms with Gasteiger partial charge in [0, 0.05) is 144 Å². The van der Waals surface area contributed by atoms with Crippen molar-refractivity contribution in [1.29, 1.82) is 0 Å². The van der Waals surface area contributed by atoms with Gasteiger partial charge in [0.2, 0.25) is 60.1 Å². The number of piperidine rings is 6. The van der Waals surface area contributed by atoms with Gasteiger partial charge in [0.25, 0.3) is 0 Å². The summed E-state index contributed by atoms with van der Waals surface area (Å²) >= 11 is 0. The molecule has 0 saturated carbocycles. The summed E-state index contributed by atoms with van der Waals surface area (Å²) in [5, 5.41) is 18.8. The summed E-state index contributed by atoms with van der Waals surface area (Å²) in [5.74, 6) is 2.88. The molecule has 6 heterocycles. The second-order valence-electron chi connectivity index (χ2n) is 37.3. The summed E-state index contributed by atoms with van der Waals surface area (Å²) in [6, 6.07) is 28.4. The minimum absolute atomic E-state index is 0.0168. The highest BCUT2D eigenvalue weighted by atomic mass is 32.2. The Bertz CT molecular complexity index is 5920. The van der Waals surface area contributed by atoms with Crippen LogP contribution in [0.25, 0.3) is 43.1 Å². The number of nitroso groups, excluding NO2 is 2. The molecule has 12 atom stereocenters. The van der Waals surface area contributed by atoms with Gasteiger partial charge < -0.3 is 9.68 Å². The van der Waals surface area contributed by atoms with Crippen LogP contribution in [0.4, 0.5) is 22.7 Å². The van der Waals surface area contributed by atoms with E-state index in [1.807, 2.05) is 69.2 Å². The number of rotatable bonds is 24. The molecule has 0 bridgehead atoms. The summed E-state index contributed by atoms with van der Waals surface area (Å²) in [6.07, 6.45) is 5.82. The van der Waals surface area contributed by atoms with Crippen LogP contribution in [0.1, 0.15) is 172 Å². The SMILES string of the molecule is CCON=C1c2ccc(S(=O)(=O)N3C[C@H](C)C[C@H](C)C3)cc2C(=NOCC)c2cc(S(=O)(=O)N3C[C@H](C)C[C@H](C)C3)ccc21.CCONc1c2cc(S(=O)(=O)N3C[C@H](C)C[C@H](C)C3)ccc2c(N=O)c2ccc(S(=O)(=O)N3C[C@H](C)C[C@H](C)C3)cc12.CCONc1c2ccc(S(=O)(=O)N3C[C@H](C)C[C@H](C)C3)cc2c(N=O)c2cc(S(=O)(=O)N3C[C@H](C)C[C@H](C)C3)ccc12. The third kappa shape index (κ3) is 20.3. The molecule has 30 nitrogen and oxygen atoms in total. The van der Waals surface area contributed by atoms with Crippen LogP contribution in [-0.4, -0.2) is 193 Å². The number of fused-ring (bicyclic) bond motifs is 6. The van der Waals surface area contributed by atoms with Crippen LogP contribution in [0.3, 0.4) is 0 Å². The standard InChI is InChI=1S/C32H44N4O6S2.2C30H40N4O6S2/c1-7-41-33-31-27-11-9-25(43(37,38)35-17-21(3)13-22(4)18-35)15-29(27)32(34-42-8-2)30-16-26(10-12-28(30)31)44(39,40)36-19-23(5)14-24(6)20-36;1-6-40-32-30-25-9-7-23(41(36,37)33-15-19(2)11-20(3)16-33)13-27(25)29(31-35)28-14-24(8-10-26(28)30)42(38,39)34-17-21(4)12-22(5)18-34;1-6-40-32-30-27-13-23(41(36,37)33-15-19(2)11-20(3)16-33)7-9-25(27)29(31-35)26-10-8-24(14-28(26)30)42(38,39)34-17-21(4)12-22(5)18-34/h9-12,15-16,21-24H,7-8,13-14,17-20H2,1-6H3;2*7-10,13-14,19-22,32H,6,11-12,15-18H2,1-5H3/t21-,22+,23-,24+;2*19-,20+,21-,22+. The molecule has 128 heavy (non-hydrogen) atoms. The van der Waals surface area contributed by atoms with Gasteiger partial charge in [-0.25, -0.2) is 50.5 Å². The van der Waals surface area contributed by atoms with E-state index in [0.29, 0.717) is 186 Å². The smallest absolute Gasteiger partial charge is 0.243 e. The predicted octanol–water partition coefficient (Wildman–Crippen LogP) is 17.1. The normalized spacial score (nSPS) is 24.7. The number of nitrogens with zero attached hydrogens (tertiary/aromatic N) is 10. The van der Waals surface area contributed by atoms with Gasteiger partial charge in [-0.15, -0.1) is 9.81 Å². The Kier molecular flexibility index (Phi) is 30.3. The van der Waals surface area contributed by atoms with Gasteiger partial charge in [-0.1, -0.05) is 130 Å². The van der Waals surface area contributed by atoms with Crippen LogP contribution in [0.5, 0.6) is 0 Å². The van der Waals surface area contributed by atoms with Crippen LogP contribution in [0, 0.1) is 80.8 Å². The van der Waals surface area contributed by atoms with E-state index in [1.54, 1.807) is 83.1 Å². The maximum atomic E-state index is 13.9. The molecule has 6 aliphatic heterocycles. The van der Waals surface area contributed by atoms with Crippen molar-refractivity contribution in [2.45, 2.75) is 179 Å². The highest BCUT2D eigenvalue weighted by Crippen LogP contribution is 2.48. The zero-order chi connectivity index (χ0) is 92.6. The zero-order valence-corrected chi connectivity index (χ0v) is 81.0. The first-order valence-corrected chi connectivity index (χ1v) is 53.4. The number of nitrogens with one attached hydrogen (secondary N) is 2. The van der Waals surface area contributed by atoms with Crippen molar-refractivity contribution >= 4 is 137 Å². The number of hydrogen-bond acceptors (Lipinski definition) is 24. The first-order chi connectivity index (χ1) is 60.6. The molecule has 2 N–H and O–H groups in total. The Labute approximate surface area is 755 Å². The summed E-state index contributed by atoms with van der Waals surface area (Å²) in [4.78, 5) is 47.4.